The lowest BCUT2D eigenvalue weighted by molar-refractivity contribution is -0.254. The third kappa shape index (κ3) is 11.4. The zero-order chi connectivity index (χ0) is 46.9. The minimum atomic E-state index is -1.33. The molecular weight excluding hydrogens is 870 g/mol. The zero-order valence-electron chi connectivity index (χ0n) is 36.4. The minimum absolute atomic E-state index is 0.0371. The molecule has 5 aromatic carbocycles. The number of para-hydroxylation sites is 1. The molecule has 2 aliphatic rings. The molecule has 2 fully saturated rings. The van der Waals surface area contributed by atoms with Crippen molar-refractivity contribution in [2.24, 2.45) is 0 Å². The van der Waals surface area contributed by atoms with Crippen LogP contribution in [0.5, 0.6) is 5.75 Å². The number of ether oxygens (including phenoxy) is 6. The van der Waals surface area contributed by atoms with E-state index < -0.39 is 66.3 Å². The average Bonchev–Trinajstić information content (AvgIpc) is 3.63. The second-order valence-electron chi connectivity index (χ2n) is 15.5. The second kappa shape index (κ2) is 21.3. The monoisotopic (exact) mass is 915 g/mol. The Bertz CT molecular complexity index is 2610. The molecule has 7 rings (SSSR count). The van der Waals surface area contributed by atoms with Crippen molar-refractivity contribution in [3.8, 4) is 16.9 Å². The highest BCUT2D eigenvalue weighted by molar-refractivity contribution is 8.17. The Morgan fingerprint density at radius 3 is 1.94 bits per heavy atom. The van der Waals surface area contributed by atoms with Crippen molar-refractivity contribution >= 4 is 52.3 Å². The molecule has 2 heterocycles. The SMILES string of the molecule is CC(=O)OC[C@H]1OC(c2ccc(-c3ccc([C@@H]4C(=CCC(=O)c5ccc(F)cc5)SC(=O)N4c4ccccc4)c(OCc4ccccc4)c3)cc2)[C@H](OC(C)=O)[C@@H](OC(C)=O)[C@@H]1OC(C)=O. The summed E-state index contributed by atoms with van der Waals surface area (Å²) in [5.41, 5.74) is 4.51. The molecule has 13 nitrogen and oxygen atoms in total. The van der Waals surface area contributed by atoms with Gasteiger partial charge < -0.3 is 28.4 Å². The highest BCUT2D eigenvalue weighted by Gasteiger charge is 2.52. The summed E-state index contributed by atoms with van der Waals surface area (Å²) in [5.74, 6) is -3.03. The number of anilines is 1. The topological polar surface area (TPSA) is 161 Å². The van der Waals surface area contributed by atoms with Gasteiger partial charge in [-0.05, 0) is 76.5 Å². The summed E-state index contributed by atoms with van der Waals surface area (Å²) < 4.78 is 48.8. The maximum absolute atomic E-state index is 13.9. The first-order chi connectivity index (χ1) is 31.7. The maximum atomic E-state index is 13.9. The molecule has 66 heavy (non-hydrogen) atoms. The largest absolute Gasteiger partial charge is 0.489 e. The van der Waals surface area contributed by atoms with Crippen molar-refractivity contribution in [1.29, 1.82) is 0 Å². The van der Waals surface area contributed by atoms with Crippen LogP contribution < -0.4 is 9.64 Å². The van der Waals surface area contributed by atoms with E-state index in [9.17, 15) is 33.2 Å². The van der Waals surface area contributed by atoms with Gasteiger partial charge in [-0.1, -0.05) is 91.0 Å². The summed E-state index contributed by atoms with van der Waals surface area (Å²) in [6, 6.07) is 36.2. The molecule has 2 aliphatic heterocycles. The van der Waals surface area contributed by atoms with E-state index in [2.05, 4.69) is 0 Å². The molecule has 0 spiro atoms. The second-order valence-corrected chi connectivity index (χ2v) is 16.5. The van der Waals surface area contributed by atoms with E-state index in [1.807, 2.05) is 91.0 Å². The number of carbonyl (C=O) groups is 6. The van der Waals surface area contributed by atoms with Gasteiger partial charge in [0.25, 0.3) is 5.24 Å². The first-order valence-electron chi connectivity index (χ1n) is 21.0. The normalized spacial score (nSPS) is 20.9. The fraction of sp³-hybridized carbons (Fsp3) is 0.255. The van der Waals surface area contributed by atoms with E-state index in [1.54, 1.807) is 23.1 Å². The van der Waals surface area contributed by atoms with Gasteiger partial charge in [0.1, 0.15) is 37.0 Å². The van der Waals surface area contributed by atoms with Gasteiger partial charge in [0.15, 0.2) is 24.1 Å². The average molecular weight is 916 g/mol. The summed E-state index contributed by atoms with van der Waals surface area (Å²) in [5, 5.41) is -0.248. The van der Waals surface area contributed by atoms with Crippen LogP contribution >= 0.6 is 11.8 Å². The van der Waals surface area contributed by atoms with Gasteiger partial charge in [-0.15, -0.1) is 0 Å². The summed E-state index contributed by atoms with van der Waals surface area (Å²) in [4.78, 5) is 78.6. The number of ketones is 1. The Kier molecular flexibility index (Phi) is 15.1. The van der Waals surface area contributed by atoms with E-state index in [1.165, 1.54) is 38.1 Å². The number of amides is 1. The van der Waals surface area contributed by atoms with E-state index in [4.69, 9.17) is 28.4 Å². The molecule has 1 amide bonds. The Hall–Kier alpha value is -7.10. The number of benzene rings is 5. The van der Waals surface area contributed by atoms with Crippen LogP contribution in [0.3, 0.4) is 0 Å². The Morgan fingerprint density at radius 1 is 0.697 bits per heavy atom. The van der Waals surface area contributed by atoms with Crippen LogP contribution in [0.2, 0.25) is 0 Å². The predicted molar refractivity (Wildman–Crippen MR) is 242 cm³/mol. The summed E-state index contributed by atoms with van der Waals surface area (Å²) in [6.07, 6.45) is -4.40. The van der Waals surface area contributed by atoms with Gasteiger partial charge in [-0.3, -0.25) is 33.7 Å². The molecule has 0 radical (unpaired) electrons. The quantitative estimate of drug-likeness (QED) is 0.0556. The number of rotatable bonds is 15. The van der Waals surface area contributed by atoms with Crippen molar-refractivity contribution in [2.45, 2.75) is 77.3 Å². The molecule has 0 aliphatic carbocycles. The van der Waals surface area contributed by atoms with Crippen molar-refractivity contribution in [3.63, 3.8) is 0 Å². The van der Waals surface area contributed by atoms with Crippen LogP contribution in [0.4, 0.5) is 14.9 Å². The molecule has 0 saturated carbocycles. The Labute approximate surface area is 384 Å². The Balaban J connectivity index is 1.27. The highest BCUT2D eigenvalue weighted by Crippen LogP contribution is 2.50. The number of halogens is 1. The maximum Gasteiger partial charge on any atom is 0.303 e. The molecule has 5 aromatic rings. The van der Waals surface area contributed by atoms with Crippen LogP contribution in [0.1, 0.15) is 73.3 Å². The van der Waals surface area contributed by atoms with Gasteiger partial charge in [0.2, 0.25) is 0 Å². The standard InChI is InChI=1S/C51H46FNO12S/c1-30(54)60-29-44-48(62-31(2)55)50(64-33(4)57)49(63-32(3)56)47(65-44)37-17-15-35(16-18-37)38-21-24-41(43(27-38)61-28-34-11-7-5-8-12-34)46-45(26-25-42(58)36-19-22-39(52)23-20-36)66-51(59)53(46)40-13-9-6-10-14-40/h5-24,26-27,44,46-50H,25,28-29H2,1-4H3/t44-,46-,47?,48-,49+,50+/m1/s1. The number of Topliss-reactive ketones (excluding diaryl/α,β-unsaturated/α-hetero) is 1. The Morgan fingerprint density at radius 2 is 1.30 bits per heavy atom. The van der Waals surface area contributed by atoms with Crippen LogP contribution in [0, 0.1) is 5.82 Å². The van der Waals surface area contributed by atoms with Crippen molar-refractivity contribution in [3.05, 3.63) is 166 Å². The molecule has 6 atom stereocenters. The fourth-order valence-electron chi connectivity index (χ4n) is 7.84. The van der Waals surface area contributed by atoms with Gasteiger partial charge in [-0.25, -0.2) is 4.39 Å². The molecule has 0 bridgehead atoms. The first kappa shape index (κ1) is 46.9. The molecule has 2 saturated heterocycles. The minimum Gasteiger partial charge on any atom is -0.489 e. The molecular formula is C51H46FNO12S. The smallest absolute Gasteiger partial charge is 0.303 e. The number of allylic oxidation sites excluding steroid dienone is 1. The molecule has 0 N–H and O–H groups in total. The molecule has 340 valence electrons. The number of nitrogens with zero attached hydrogens (tertiary/aromatic N) is 1. The molecule has 15 heteroatoms. The van der Waals surface area contributed by atoms with Crippen LogP contribution in [0.25, 0.3) is 11.1 Å². The van der Waals surface area contributed by atoms with Crippen molar-refractivity contribution in [1.82, 2.24) is 0 Å². The lowest BCUT2D eigenvalue weighted by Gasteiger charge is -2.44. The number of esters is 4. The van der Waals surface area contributed by atoms with E-state index in [-0.39, 0.29) is 30.7 Å². The number of thioether (sulfide) groups is 1. The molecule has 0 aromatic heterocycles. The van der Waals surface area contributed by atoms with Crippen LogP contribution in [-0.4, -0.2) is 65.9 Å². The van der Waals surface area contributed by atoms with Gasteiger partial charge >= 0.3 is 23.9 Å². The molecule has 1 unspecified atom stereocenters. The third-order valence-corrected chi connectivity index (χ3v) is 11.7. The lowest BCUT2D eigenvalue weighted by Crippen LogP contribution is -2.59. The number of hydrogen-bond acceptors (Lipinski definition) is 13. The summed E-state index contributed by atoms with van der Waals surface area (Å²) >= 11 is 1.02. The lowest BCUT2D eigenvalue weighted by atomic mass is 9.89. The van der Waals surface area contributed by atoms with Crippen LogP contribution in [-0.2, 0) is 49.5 Å². The summed E-state index contributed by atoms with van der Waals surface area (Å²) in [6.45, 7) is 4.54. The highest BCUT2D eigenvalue weighted by atomic mass is 32.2. The number of carbonyl (C=O) groups excluding carboxylic acids is 6. The van der Waals surface area contributed by atoms with Crippen molar-refractivity contribution in [2.75, 3.05) is 11.5 Å². The van der Waals surface area contributed by atoms with Crippen LogP contribution in [0.15, 0.2) is 138 Å². The third-order valence-electron chi connectivity index (χ3n) is 10.7. The first-order valence-corrected chi connectivity index (χ1v) is 21.8. The van der Waals surface area contributed by atoms with Gasteiger partial charge in [0.05, 0.1) is 6.04 Å². The van der Waals surface area contributed by atoms with E-state index >= 15 is 0 Å². The predicted octanol–water partition coefficient (Wildman–Crippen LogP) is 9.44. The van der Waals surface area contributed by atoms with E-state index in [0.29, 0.717) is 33.0 Å². The van der Waals surface area contributed by atoms with E-state index in [0.717, 1.165) is 42.3 Å². The summed E-state index contributed by atoms with van der Waals surface area (Å²) in [7, 11) is 0. The fourth-order valence-corrected chi connectivity index (χ4v) is 8.86. The zero-order valence-corrected chi connectivity index (χ0v) is 37.2. The van der Waals surface area contributed by atoms with Crippen molar-refractivity contribution < 1.29 is 61.6 Å². The number of hydrogen-bond donors (Lipinski definition) is 0. The van der Waals surface area contributed by atoms with Gasteiger partial charge in [0, 0.05) is 55.8 Å². The van der Waals surface area contributed by atoms with Gasteiger partial charge in [-0.2, -0.15) is 0 Å².